The standard InChI is InChI=1S/C20H28N4O3S/c1-4-21-20(22-14-15-27-18-8-6-5-7-9-18)23-16-17-10-12-19(13-11-17)28(25,26)24(2)3/h5-13H,4,14-16H2,1-3H3,(H2,21,22,23). The van der Waals surface area contributed by atoms with Gasteiger partial charge in [-0.25, -0.2) is 17.7 Å². The van der Waals surface area contributed by atoms with Gasteiger partial charge in [0, 0.05) is 20.6 Å². The molecule has 0 amide bonds. The van der Waals surface area contributed by atoms with Crippen LogP contribution < -0.4 is 15.4 Å². The molecule has 0 atom stereocenters. The average Bonchev–Trinajstić information content (AvgIpc) is 2.70. The Morgan fingerprint density at radius 2 is 1.71 bits per heavy atom. The number of guanidine groups is 1. The summed E-state index contributed by atoms with van der Waals surface area (Å²) in [7, 11) is -0.378. The largest absolute Gasteiger partial charge is 0.492 e. The maximum absolute atomic E-state index is 12.1. The van der Waals surface area contributed by atoms with Crippen LogP contribution in [-0.4, -0.2) is 52.5 Å². The normalized spacial score (nSPS) is 12.1. The van der Waals surface area contributed by atoms with E-state index in [4.69, 9.17) is 4.74 Å². The number of aliphatic imine (C=N–C) groups is 1. The fourth-order valence-electron chi connectivity index (χ4n) is 2.34. The minimum absolute atomic E-state index is 0.272. The van der Waals surface area contributed by atoms with Crippen LogP contribution in [0.5, 0.6) is 5.75 Å². The molecule has 0 fully saturated rings. The Labute approximate surface area is 167 Å². The molecule has 2 aromatic rings. The van der Waals surface area contributed by atoms with Crippen molar-refractivity contribution in [2.75, 3.05) is 33.8 Å². The number of hydrogen-bond acceptors (Lipinski definition) is 4. The highest BCUT2D eigenvalue weighted by atomic mass is 32.2. The van der Waals surface area contributed by atoms with E-state index in [1.54, 1.807) is 24.3 Å². The second-order valence-corrected chi connectivity index (χ2v) is 8.37. The van der Waals surface area contributed by atoms with Gasteiger partial charge in [0.2, 0.25) is 10.0 Å². The van der Waals surface area contributed by atoms with Crippen LogP contribution in [0.3, 0.4) is 0 Å². The van der Waals surface area contributed by atoms with Gasteiger partial charge in [-0.1, -0.05) is 30.3 Å². The van der Waals surface area contributed by atoms with Crippen LogP contribution in [0.4, 0.5) is 0 Å². The molecule has 0 unspecified atom stereocenters. The third-order valence-electron chi connectivity index (χ3n) is 3.87. The first-order chi connectivity index (χ1) is 13.4. The molecule has 2 aromatic carbocycles. The molecule has 0 bridgehead atoms. The molecule has 0 saturated heterocycles. The van der Waals surface area contributed by atoms with Gasteiger partial charge in [-0.2, -0.15) is 0 Å². The molecule has 0 saturated carbocycles. The van der Waals surface area contributed by atoms with Crippen molar-refractivity contribution < 1.29 is 13.2 Å². The highest BCUT2D eigenvalue weighted by Crippen LogP contribution is 2.14. The molecular weight excluding hydrogens is 376 g/mol. The number of nitrogens with one attached hydrogen (secondary N) is 2. The van der Waals surface area contributed by atoms with E-state index >= 15 is 0 Å². The minimum atomic E-state index is -3.41. The number of benzene rings is 2. The van der Waals surface area contributed by atoms with Crippen LogP contribution in [0, 0.1) is 0 Å². The lowest BCUT2D eigenvalue weighted by Gasteiger charge is -2.13. The molecular formula is C20H28N4O3S. The molecule has 0 heterocycles. The van der Waals surface area contributed by atoms with E-state index in [9.17, 15) is 8.42 Å². The Bertz CT molecular complexity index is 851. The first kappa shape index (κ1) is 21.7. The third-order valence-corrected chi connectivity index (χ3v) is 5.70. The Balaban J connectivity index is 1.89. The van der Waals surface area contributed by atoms with Crippen LogP contribution in [0.1, 0.15) is 12.5 Å². The first-order valence-electron chi connectivity index (χ1n) is 9.15. The van der Waals surface area contributed by atoms with Crippen LogP contribution in [0.15, 0.2) is 64.5 Å². The molecule has 0 aliphatic carbocycles. The van der Waals surface area contributed by atoms with E-state index < -0.39 is 10.0 Å². The van der Waals surface area contributed by atoms with Crippen molar-refractivity contribution in [3.8, 4) is 5.75 Å². The SMILES string of the molecule is CCNC(=NCc1ccc(S(=O)(=O)N(C)C)cc1)NCCOc1ccccc1. The zero-order chi connectivity index (χ0) is 20.4. The molecule has 0 aliphatic rings. The van der Waals surface area contributed by atoms with Gasteiger partial charge in [-0.05, 0) is 36.8 Å². The van der Waals surface area contributed by atoms with Crippen LogP contribution in [0.25, 0.3) is 0 Å². The lowest BCUT2D eigenvalue weighted by atomic mass is 10.2. The highest BCUT2D eigenvalue weighted by molar-refractivity contribution is 7.89. The summed E-state index contributed by atoms with van der Waals surface area (Å²) in [6, 6.07) is 16.4. The summed E-state index contributed by atoms with van der Waals surface area (Å²) in [6.07, 6.45) is 0. The van der Waals surface area contributed by atoms with Gasteiger partial charge >= 0.3 is 0 Å². The average molecular weight is 405 g/mol. The van der Waals surface area contributed by atoms with E-state index in [2.05, 4.69) is 15.6 Å². The summed E-state index contributed by atoms with van der Waals surface area (Å²) in [5.74, 6) is 1.52. The number of sulfonamides is 1. The molecule has 0 aliphatic heterocycles. The van der Waals surface area contributed by atoms with Crippen LogP contribution in [0.2, 0.25) is 0 Å². The van der Waals surface area contributed by atoms with Gasteiger partial charge < -0.3 is 15.4 Å². The van der Waals surface area contributed by atoms with Gasteiger partial charge in [-0.3, -0.25) is 0 Å². The van der Waals surface area contributed by atoms with Crippen molar-refractivity contribution in [3.63, 3.8) is 0 Å². The summed E-state index contributed by atoms with van der Waals surface area (Å²) < 4.78 is 31.1. The Hall–Kier alpha value is -2.58. The Kier molecular flexibility index (Phi) is 8.28. The predicted molar refractivity (Wildman–Crippen MR) is 112 cm³/mol. The lowest BCUT2D eigenvalue weighted by Crippen LogP contribution is -2.39. The van der Waals surface area contributed by atoms with E-state index in [1.807, 2.05) is 37.3 Å². The van der Waals surface area contributed by atoms with Crippen LogP contribution >= 0.6 is 0 Å². The van der Waals surface area contributed by atoms with Gasteiger partial charge in [0.25, 0.3) is 0 Å². The molecule has 2 rings (SSSR count). The lowest BCUT2D eigenvalue weighted by molar-refractivity contribution is 0.322. The number of para-hydroxylation sites is 1. The summed E-state index contributed by atoms with van der Waals surface area (Å²) in [6.45, 7) is 4.31. The predicted octanol–water partition coefficient (Wildman–Crippen LogP) is 2.07. The summed E-state index contributed by atoms with van der Waals surface area (Å²) in [5, 5.41) is 6.41. The quantitative estimate of drug-likeness (QED) is 0.380. The fraction of sp³-hybridized carbons (Fsp3) is 0.350. The molecule has 0 spiro atoms. The maximum atomic E-state index is 12.1. The van der Waals surface area contributed by atoms with Gasteiger partial charge in [0.1, 0.15) is 12.4 Å². The smallest absolute Gasteiger partial charge is 0.242 e. The summed E-state index contributed by atoms with van der Waals surface area (Å²) in [5.41, 5.74) is 0.926. The summed E-state index contributed by atoms with van der Waals surface area (Å²) in [4.78, 5) is 4.81. The minimum Gasteiger partial charge on any atom is -0.492 e. The molecule has 2 N–H and O–H groups in total. The molecule has 7 nitrogen and oxygen atoms in total. The Morgan fingerprint density at radius 1 is 1.04 bits per heavy atom. The molecule has 28 heavy (non-hydrogen) atoms. The van der Waals surface area contributed by atoms with Crippen molar-refractivity contribution in [1.82, 2.24) is 14.9 Å². The Morgan fingerprint density at radius 3 is 2.32 bits per heavy atom. The van der Waals surface area contributed by atoms with E-state index in [0.29, 0.717) is 25.7 Å². The third kappa shape index (κ3) is 6.54. The number of rotatable bonds is 9. The van der Waals surface area contributed by atoms with Gasteiger partial charge in [-0.15, -0.1) is 0 Å². The van der Waals surface area contributed by atoms with E-state index in [0.717, 1.165) is 17.9 Å². The molecule has 152 valence electrons. The zero-order valence-corrected chi connectivity index (χ0v) is 17.4. The fourth-order valence-corrected chi connectivity index (χ4v) is 3.25. The van der Waals surface area contributed by atoms with Crippen molar-refractivity contribution in [1.29, 1.82) is 0 Å². The molecule has 8 heteroatoms. The second-order valence-electron chi connectivity index (χ2n) is 6.21. The van der Waals surface area contributed by atoms with Crippen molar-refractivity contribution in [3.05, 3.63) is 60.2 Å². The van der Waals surface area contributed by atoms with Gasteiger partial charge in [0.15, 0.2) is 5.96 Å². The topological polar surface area (TPSA) is 83.0 Å². The number of nitrogens with zero attached hydrogens (tertiary/aromatic N) is 2. The molecule has 0 aromatic heterocycles. The summed E-state index contributed by atoms with van der Waals surface area (Å²) >= 11 is 0. The van der Waals surface area contributed by atoms with Crippen molar-refractivity contribution >= 4 is 16.0 Å². The van der Waals surface area contributed by atoms with E-state index in [1.165, 1.54) is 18.4 Å². The zero-order valence-electron chi connectivity index (χ0n) is 16.6. The molecule has 0 radical (unpaired) electrons. The second kappa shape index (κ2) is 10.7. The van der Waals surface area contributed by atoms with Crippen molar-refractivity contribution in [2.24, 2.45) is 4.99 Å². The first-order valence-corrected chi connectivity index (χ1v) is 10.6. The highest BCUT2D eigenvalue weighted by Gasteiger charge is 2.16. The van der Waals surface area contributed by atoms with Crippen molar-refractivity contribution in [2.45, 2.75) is 18.4 Å². The monoisotopic (exact) mass is 404 g/mol. The van der Waals surface area contributed by atoms with Crippen LogP contribution in [-0.2, 0) is 16.6 Å². The van der Waals surface area contributed by atoms with Gasteiger partial charge in [0.05, 0.1) is 18.0 Å². The van der Waals surface area contributed by atoms with E-state index in [-0.39, 0.29) is 4.90 Å². The number of ether oxygens (including phenoxy) is 1. The number of hydrogen-bond donors (Lipinski definition) is 2. The maximum Gasteiger partial charge on any atom is 0.242 e.